The van der Waals surface area contributed by atoms with Crippen molar-refractivity contribution in [1.29, 1.82) is 0 Å². The molecule has 1 aliphatic rings. The predicted molar refractivity (Wildman–Crippen MR) is 97.4 cm³/mol. The smallest absolute Gasteiger partial charge is 0.269 e. The first-order chi connectivity index (χ1) is 12.6. The molecule has 3 rings (SSSR count). The molecule has 1 aromatic heterocycles. The zero-order valence-electron chi connectivity index (χ0n) is 14.4. The van der Waals surface area contributed by atoms with Gasteiger partial charge in [0.15, 0.2) is 11.6 Å². The van der Waals surface area contributed by atoms with E-state index in [4.69, 9.17) is 4.74 Å². The Labute approximate surface area is 151 Å². The van der Waals surface area contributed by atoms with Crippen LogP contribution in [0.1, 0.15) is 42.5 Å². The molecule has 1 heterocycles. The molecule has 7 nitrogen and oxygen atoms in total. The van der Waals surface area contributed by atoms with Crippen LogP contribution in [0.25, 0.3) is 0 Å². The summed E-state index contributed by atoms with van der Waals surface area (Å²) in [5, 5.41) is 13.4. The highest BCUT2D eigenvalue weighted by molar-refractivity contribution is 6.04. The number of pyridine rings is 1. The lowest BCUT2D eigenvalue weighted by atomic mass is 9.90. The van der Waals surface area contributed by atoms with Crippen molar-refractivity contribution < 1.29 is 14.5 Å². The van der Waals surface area contributed by atoms with Gasteiger partial charge in [0.1, 0.15) is 0 Å². The number of nitro benzene ring substituents is 1. The van der Waals surface area contributed by atoms with E-state index in [1.165, 1.54) is 56.4 Å². The molecule has 2 aromatic rings. The number of anilines is 1. The van der Waals surface area contributed by atoms with Crippen LogP contribution in [0.3, 0.4) is 0 Å². The Kier molecular flexibility index (Phi) is 5.78. The summed E-state index contributed by atoms with van der Waals surface area (Å²) in [4.78, 5) is 26.8. The molecule has 0 unspecified atom stereocenters. The predicted octanol–water partition coefficient (Wildman–Crippen LogP) is 4.20. The molecule has 0 saturated heterocycles. The highest BCUT2D eigenvalue weighted by atomic mass is 16.6. The first kappa shape index (κ1) is 17.8. The SMILES string of the molecule is O=C(Nc1ncccc1OCC1CCCCC1)c1ccc([N+](=O)[O-])cc1. The fraction of sp³-hybridized carbons (Fsp3) is 0.368. The quantitative estimate of drug-likeness (QED) is 0.619. The fourth-order valence-electron chi connectivity index (χ4n) is 3.08. The number of nitro groups is 1. The molecule has 1 N–H and O–H groups in total. The van der Waals surface area contributed by atoms with Crippen molar-refractivity contribution >= 4 is 17.4 Å². The summed E-state index contributed by atoms with van der Waals surface area (Å²) in [6.45, 7) is 0.617. The van der Waals surface area contributed by atoms with Crippen molar-refractivity contribution in [1.82, 2.24) is 4.98 Å². The van der Waals surface area contributed by atoms with Crippen molar-refractivity contribution in [2.45, 2.75) is 32.1 Å². The van der Waals surface area contributed by atoms with E-state index in [1.807, 2.05) is 0 Å². The van der Waals surface area contributed by atoms with Gasteiger partial charge in [-0.2, -0.15) is 0 Å². The summed E-state index contributed by atoms with van der Waals surface area (Å²) in [5.41, 5.74) is 0.260. The van der Waals surface area contributed by atoms with Crippen LogP contribution in [-0.2, 0) is 0 Å². The summed E-state index contributed by atoms with van der Waals surface area (Å²) < 4.78 is 5.90. The van der Waals surface area contributed by atoms with Gasteiger partial charge in [0, 0.05) is 23.9 Å². The Hall–Kier alpha value is -2.96. The van der Waals surface area contributed by atoms with Gasteiger partial charge < -0.3 is 10.1 Å². The lowest BCUT2D eigenvalue weighted by molar-refractivity contribution is -0.384. The molecule has 1 aliphatic carbocycles. The molecule has 1 aromatic carbocycles. The molecule has 1 fully saturated rings. The average Bonchev–Trinajstić information content (AvgIpc) is 2.68. The number of carbonyl (C=O) groups excluding carboxylic acids is 1. The number of hydrogen-bond acceptors (Lipinski definition) is 5. The number of rotatable bonds is 6. The minimum Gasteiger partial charge on any atom is -0.489 e. The van der Waals surface area contributed by atoms with Crippen LogP contribution in [0.15, 0.2) is 42.6 Å². The van der Waals surface area contributed by atoms with Crippen molar-refractivity contribution in [3.63, 3.8) is 0 Å². The third-order valence-corrected chi connectivity index (χ3v) is 4.54. The van der Waals surface area contributed by atoms with E-state index in [-0.39, 0.29) is 11.6 Å². The van der Waals surface area contributed by atoms with Gasteiger partial charge in [-0.25, -0.2) is 4.98 Å². The van der Waals surface area contributed by atoms with E-state index in [2.05, 4.69) is 10.3 Å². The highest BCUT2D eigenvalue weighted by Gasteiger charge is 2.16. The maximum absolute atomic E-state index is 12.4. The first-order valence-corrected chi connectivity index (χ1v) is 8.77. The summed E-state index contributed by atoms with van der Waals surface area (Å²) in [7, 11) is 0. The summed E-state index contributed by atoms with van der Waals surface area (Å²) >= 11 is 0. The molecule has 136 valence electrons. The van der Waals surface area contributed by atoms with Crippen LogP contribution >= 0.6 is 0 Å². The molecule has 0 bridgehead atoms. The monoisotopic (exact) mass is 355 g/mol. The van der Waals surface area contributed by atoms with Crippen LogP contribution in [0.4, 0.5) is 11.5 Å². The Balaban J connectivity index is 1.65. The number of hydrogen-bond donors (Lipinski definition) is 1. The normalized spacial score (nSPS) is 14.6. The molecule has 1 amide bonds. The van der Waals surface area contributed by atoms with Gasteiger partial charge >= 0.3 is 0 Å². The number of nitrogens with zero attached hydrogens (tertiary/aromatic N) is 2. The van der Waals surface area contributed by atoms with E-state index in [0.717, 1.165) is 0 Å². The van der Waals surface area contributed by atoms with E-state index in [1.54, 1.807) is 18.3 Å². The molecule has 0 spiro atoms. The second-order valence-electron chi connectivity index (χ2n) is 6.42. The molecule has 1 saturated carbocycles. The van der Waals surface area contributed by atoms with E-state index in [9.17, 15) is 14.9 Å². The van der Waals surface area contributed by atoms with Crippen LogP contribution in [0.2, 0.25) is 0 Å². The Bertz CT molecular complexity index is 771. The number of ether oxygens (including phenoxy) is 1. The molecule has 0 atom stereocenters. The van der Waals surface area contributed by atoms with Crippen LogP contribution in [-0.4, -0.2) is 22.4 Å². The van der Waals surface area contributed by atoms with Gasteiger partial charge in [-0.15, -0.1) is 0 Å². The number of amides is 1. The fourth-order valence-corrected chi connectivity index (χ4v) is 3.08. The summed E-state index contributed by atoms with van der Waals surface area (Å²) in [6, 6.07) is 8.97. The minimum absolute atomic E-state index is 0.0594. The molecule has 0 aliphatic heterocycles. The number of aromatic nitrogens is 1. The van der Waals surface area contributed by atoms with Gasteiger partial charge in [0.25, 0.3) is 11.6 Å². The Morgan fingerprint density at radius 2 is 1.92 bits per heavy atom. The van der Waals surface area contributed by atoms with Gasteiger partial charge in [0.2, 0.25) is 0 Å². The molecular formula is C19H21N3O4. The van der Waals surface area contributed by atoms with Crippen molar-refractivity contribution in [2.24, 2.45) is 5.92 Å². The van der Waals surface area contributed by atoms with Gasteiger partial charge in [-0.1, -0.05) is 19.3 Å². The maximum atomic E-state index is 12.4. The van der Waals surface area contributed by atoms with Gasteiger partial charge in [0.05, 0.1) is 11.5 Å². The topological polar surface area (TPSA) is 94.4 Å². The van der Waals surface area contributed by atoms with E-state index in [0.29, 0.717) is 29.7 Å². The second kappa shape index (κ2) is 8.42. The summed E-state index contributed by atoms with van der Waals surface area (Å²) in [5.74, 6) is 1.04. The van der Waals surface area contributed by atoms with Gasteiger partial charge in [-0.05, 0) is 43.0 Å². The van der Waals surface area contributed by atoms with Crippen LogP contribution in [0.5, 0.6) is 5.75 Å². The number of carbonyl (C=O) groups is 1. The first-order valence-electron chi connectivity index (χ1n) is 8.77. The van der Waals surface area contributed by atoms with Crippen molar-refractivity contribution in [3.8, 4) is 5.75 Å². The maximum Gasteiger partial charge on any atom is 0.269 e. The lowest BCUT2D eigenvalue weighted by Crippen LogP contribution is -2.17. The second-order valence-corrected chi connectivity index (χ2v) is 6.42. The average molecular weight is 355 g/mol. The highest BCUT2D eigenvalue weighted by Crippen LogP contribution is 2.27. The summed E-state index contributed by atoms with van der Waals surface area (Å²) in [6.07, 6.45) is 7.70. The van der Waals surface area contributed by atoms with E-state index >= 15 is 0 Å². The lowest BCUT2D eigenvalue weighted by Gasteiger charge is -2.22. The molecule has 0 radical (unpaired) electrons. The Morgan fingerprint density at radius 1 is 1.19 bits per heavy atom. The number of nitrogens with one attached hydrogen (secondary N) is 1. The van der Waals surface area contributed by atoms with E-state index < -0.39 is 4.92 Å². The standard InChI is InChI=1S/C19H21N3O4/c23-19(15-8-10-16(11-9-15)22(24)25)21-18-17(7-4-12-20-18)26-13-14-5-2-1-3-6-14/h4,7-12,14H,1-3,5-6,13H2,(H,20,21,23). The van der Waals surface area contributed by atoms with Crippen LogP contribution < -0.4 is 10.1 Å². The number of non-ortho nitro benzene ring substituents is 1. The number of benzene rings is 1. The van der Waals surface area contributed by atoms with Crippen molar-refractivity contribution in [2.75, 3.05) is 11.9 Å². The third kappa shape index (κ3) is 4.56. The zero-order valence-corrected chi connectivity index (χ0v) is 14.4. The largest absolute Gasteiger partial charge is 0.489 e. The van der Waals surface area contributed by atoms with Crippen molar-refractivity contribution in [3.05, 3.63) is 58.3 Å². The molecular weight excluding hydrogens is 334 g/mol. The van der Waals surface area contributed by atoms with Crippen LogP contribution in [0, 0.1) is 16.0 Å². The van der Waals surface area contributed by atoms with Gasteiger partial charge in [-0.3, -0.25) is 14.9 Å². The Morgan fingerprint density at radius 3 is 2.62 bits per heavy atom. The minimum atomic E-state index is -0.502. The third-order valence-electron chi connectivity index (χ3n) is 4.54. The zero-order chi connectivity index (χ0) is 18.4. The molecule has 26 heavy (non-hydrogen) atoms. The molecule has 7 heteroatoms.